The predicted octanol–water partition coefficient (Wildman–Crippen LogP) is 3.06. The monoisotopic (exact) mass is 355 g/mol. The molecule has 1 atom stereocenters. The highest BCUT2D eigenvalue weighted by atomic mass is 19.1. The minimum Gasteiger partial charge on any atom is -0.334 e. The van der Waals surface area contributed by atoms with Gasteiger partial charge in [0.05, 0.1) is 0 Å². The van der Waals surface area contributed by atoms with Crippen molar-refractivity contribution in [2.75, 3.05) is 6.54 Å². The van der Waals surface area contributed by atoms with Gasteiger partial charge in [-0.3, -0.25) is 13.9 Å². The molecule has 26 heavy (non-hydrogen) atoms. The van der Waals surface area contributed by atoms with Crippen LogP contribution in [0.15, 0.2) is 36.8 Å². The quantitative estimate of drug-likeness (QED) is 0.723. The first-order valence-electron chi connectivity index (χ1n) is 9.06. The van der Waals surface area contributed by atoms with Crippen LogP contribution in [0.4, 0.5) is 4.39 Å². The molecule has 1 amide bonds. The van der Waals surface area contributed by atoms with Crippen LogP contribution in [-0.2, 0) is 6.54 Å². The van der Waals surface area contributed by atoms with Crippen LogP contribution in [-0.4, -0.2) is 42.6 Å². The number of aryl methyl sites for hydroxylation is 2. The summed E-state index contributed by atoms with van der Waals surface area (Å²) in [4.78, 5) is 19.1. The second kappa shape index (κ2) is 6.90. The molecule has 0 spiro atoms. The molecule has 1 fully saturated rings. The van der Waals surface area contributed by atoms with Gasteiger partial charge in [0, 0.05) is 37.7 Å². The molecule has 3 aromatic rings. The van der Waals surface area contributed by atoms with E-state index in [1.54, 1.807) is 23.4 Å². The first kappa shape index (κ1) is 16.8. The van der Waals surface area contributed by atoms with E-state index >= 15 is 0 Å². The summed E-state index contributed by atoms with van der Waals surface area (Å²) in [6, 6.07) is 5.58. The molecule has 136 valence electrons. The van der Waals surface area contributed by atoms with Crippen LogP contribution in [0.25, 0.3) is 5.65 Å². The van der Waals surface area contributed by atoms with Gasteiger partial charge >= 0.3 is 0 Å². The van der Waals surface area contributed by atoms with Gasteiger partial charge in [0.2, 0.25) is 5.95 Å². The molecule has 0 bridgehead atoms. The minimum atomic E-state index is -0.579. The van der Waals surface area contributed by atoms with Crippen LogP contribution < -0.4 is 0 Å². The molecule has 1 saturated heterocycles. The molecule has 4 rings (SSSR count). The Morgan fingerprint density at radius 1 is 1.35 bits per heavy atom. The lowest BCUT2D eigenvalue weighted by Gasteiger charge is -2.35. The standard InChI is InChI=1S/C19H22FN5O/c1-14-6-7-16-22-17(18(20)25(16)13-14)19(26)24-11-3-2-5-15(24)8-12-23-10-4-9-21-23/h4,6-7,9-10,13,15H,2-3,5,8,11-12H2,1H3/t15-/m1/s1. The maximum Gasteiger partial charge on any atom is 0.277 e. The second-order valence-corrected chi connectivity index (χ2v) is 6.89. The van der Waals surface area contributed by atoms with Gasteiger partial charge in [-0.25, -0.2) is 4.98 Å². The zero-order valence-electron chi connectivity index (χ0n) is 14.8. The Morgan fingerprint density at radius 3 is 3.04 bits per heavy atom. The highest BCUT2D eigenvalue weighted by molar-refractivity contribution is 5.93. The van der Waals surface area contributed by atoms with Crippen LogP contribution in [0.1, 0.15) is 41.7 Å². The third-order valence-corrected chi connectivity index (χ3v) is 5.05. The summed E-state index contributed by atoms with van der Waals surface area (Å²) in [6.45, 7) is 3.28. The molecule has 0 radical (unpaired) electrons. The SMILES string of the molecule is Cc1ccc2nc(C(=O)N3CCCC[C@@H]3CCn3cccn3)c(F)n2c1. The maximum atomic E-state index is 14.8. The Kier molecular flexibility index (Phi) is 4.44. The molecule has 4 heterocycles. The van der Waals surface area contributed by atoms with Crippen LogP contribution in [0, 0.1) is 12.9 Å². The summed E-state index contributed by atoms with van der Waals surface area (Å²) in [5.41, 5.74) is 1.30. The van der Waals surface area contributed by atoms with E-state index in [2.05, 4.69) is 10.1 Å². The van der Waals surface area contributed by atoms with Crippen LogP contribution in [0.5, 0.6) is 0 Å². The van der Waals surface area contributed by atoms with Gasteiger partial charge in [0.1, 0.15) is 5.65 Å². The number of aromatic nitrogens is 4. The van der Waals surface area contributed by atoms with Crippen molar-refractivity contribution in [3.63, 3.8) is 0 Å². The zero-order valence-corrected chi connectivity index (χ0v) is 14.8. The largest absolute Gasteiger partial charge is 0.334 e. The van der Waals surface area contributed by atoms with Gasteiger partial charge < -0.3 is 4.90 Å². The number of pyridine rings is 1. The van der Waals surface area contributed by atoms with E-state index in [0.29, 0.717) is 12.2 Å². The van der Waals surface area contributed by atoms with E-state index in [-0.39, 0.29) is 17.6 Å². The number of hydrogen-bond donors (Lipinski definition) is 0. The Hall–Kier alpha value is -2.70. The third kappa shape index (κ3) is 3.09. The van der Waals surface area contributed by atoms with Crippen molar-refractivity contribution >= 4 is 11.6 Å². The first-order chi connectivity index (χ1) is 12.6. The summed E-state index contributed by atoms with van der Waals surface area (Å²) < 4.78 is 18.0. The summed E-state index contributed by atoms with van der Waals surface area (Å²) in [5.74, 6) is -0.890. The fourth-order valence-corrected chi connectivity index (χ4v) is 3.68. The van der Waals surface area contributed by atoms with Gasteiger partial charge in [-0.15, -0.1) is 0 Å². The normalized spacial score (nSPS) is 17.8. The molecule has 0 saturated carbocycles. The smallest absolute Gasteiger partial charge is 0.277 e. The zero-order chi connectivity index (χ0) is 18.1. The lowest BCUT2D eigenvalue weighted by molar-refractivity contribution is 0.0583. The summed E-state index contributed by atoms with van der Waals surface area (Å²) in [5, 5.41) is 4.22. The lowest BCUT2D eigenvalue weighted by Crippen LogP contribution is -2.44. The predicted molar refractivity (Wildman–Crippen MR) is 95.4 cm³/mol. The Labute approximate surface area is 151 Å². The number of nitrogens with zero attached hydrogens (tertiary/aromatic N) is 5. The van der Waals surface area contributed by atoms with Crippen molar-refractivity contribution in [2.45, 2.75) is 45.2 Å². The molecule has 0 aromatic carbocycles. The molecule has 1 aliphatic rings. The molecule has 0 N–H and O–H groups in total. The average Bonchev–Trinajstić information content (AvgIpc) is 3.28. The van der Waals surface area contributed by atoms with Crippen molar-refractivity contribution in [1.29, 1.82) is 0 Å². The van der Waals surface area contributed by atoms with Gasteiger partial charge in [-0.2, -0.15) is 9.49 Å². The highest BCUT2D eigenvalue weighted by Crippen LogP contribution is 2.24. The van der Waals surface area contributed by atoms with Gasteiger partial charge in [0.15, 0.2) is 5.69 Å². The van der Waals surface area contributed by atoms with Crippen molar-refractivity contribution in [3.05, 3.63) is 54.0 Å². The van der Waals surface area contributed by atoms with E-state index in [1.165, 1.54) is 4.40 Å². The molecule has 7 heteroatoms. The van der Waals surface area contributed by atoms with Crippen molar-refractivity contribution in [3.8, 4) is 0 Å². The molecule has 0 unspecified atom stereocenters. The number of piperidine rings is 1. The van der Waals surface area contributed by atoms with E-state index < -0.39 is 5.95 Å². The first-order valence-corrected chi connectivity index (χ1v) is 9.06. The van der Waals surface area contributed by atoms with E-state index in [9.17, 15) is 9.18 Å². The average molecular weight is 355 g/mol. The van der Waals surface area contributed by atoms with Crippen molar-refractivity contribution < 1.29 is 9.18 Å². The third-order valence-electron chi connectivity index (χ3n) is 5.05. The van der Waals surface area contributed by atoms with Crippen molar-refractivity contribution in [2.24, 2.45) is 0 Å². The topological polar surface area (TPSA) is 55.4 Å². The Balaban J connectivity index is 1.57. The molecule has 3 aromatic heterocycles. The van der Waals surface area contributed by atoms with Crippen LogP contribution in [0.2, 0.25) is 0 Å². The Morgan fingerprint density at radius 2 is 2.23 bits per heavy atom. The minimum absolute atomic E-state index is 0.0819. The highest BCUT2D eigenvalue weighted by Gasteiger charge is 2.31. The number of carbonyl (C=O) groups excluding carboxylic acids is 1. The van der Waals surface area contributed by atoms with Crippen LogP contribution in [0.3, 0.4) is 0 Å². The van der Waals surface area contributed by atoms with E-state index in [0.717, 1.165) is 37.8 Å². The second-order valence-electron chi connectivity index (χ2n) is 6.89. The molecule has 1 aliphatic heterocycles. The molecule has 6 nitrogen and oxygen atoms in total. The lowest BCUT2D eigenvalue weighted by atomic mass is 9.99. The Bertz CT molecular complexity index is 918. The van der Waals surface area contributed by atoms with Crippen LogP contribution >= 0.6 is 0 Å². The number of amides is 1. The molecule has 0 aliphatic carbocycles. The van der Waals surface area contributed by atoms with E-state index in [4.69, 9.17) is 0 Å². The van der Waals surface area contributed by atoms with Gasteiger partial charge in [0.25, 0.3) is 5.91 Å². The number of imidazole rings is 1. The number of likely N-dealkylation sites (tertiary alicyclic amines) is 1. The van der Waals surface area contributed by atoms with Gasteiger partial charge in [-0.1, -0.05) is 6.07 Å². The van der Waals surface area contributed by atoms with E-state index in [1.807, 2.05) is 29.9 Å². The molecular formula is C19H22FN5O. The molecular weight excluding hydrogens is 333 g/mol. The fraction of sp³-hybridized carbons (Fsp3) is 0.421. The van der Waals surface area contributed by atoms with Crippen molar-refractivity contribution in [1.82, 2.24) is 24.1 Å². The number of carbonyl (C=O) groups is 1. The van der Waals surface area contributed by atoms with Gasteiger partial charge in [-0.05, 0) is 50.3 Å². The maximum absolute atomic E-state index is 14.8. The summed E-state index contributed by atoms with van der Waals surface area (Å²) in [6.07, 6.45) is 9.10. The number of hydrogen-bond acceptors (Lipinski definition) is 3. The summed E-state index contributed by atoms with van der Waals surface area (Å²) in [7, 11) is 0. The number of rotatable bonds is 4. The summed E-state index contributed by atoms with van der Waals surface area (Å²) >= 11 is 0. The number of fused-ring (bicyclic) bond motifs is 1. The fourth-order valence-electron chi connectivity index (χ4n) is 3.68. The number of halogens is 1.